The molecule has 2 rings (SSSR count). The molecule has 1 heterocycles. The van der Waals surface area contributed by atoms with E-state index in [1.54, 1.807) is 6.92 Å². The standard InChI is InChI=1S/C18H23NO5/c1-11-5-6-12(2)16(9-11)24-13(3)17(21)19-8-7-15(20)14(10-19)18(22)23-4/h5-6,9,13-14H,7-8,10H2,1-4H3. The first-order chi connectivity index (χ1) is 11.3. The molecule has 1 aliphatic rings. The molecule has 0 radical (unpaired) electrons. The number of ketones is 1. The largest absolute Gasteiger partial charge is 0.481 e. The number of benzene rings is 1. The van der Waals surface area contributed by atoms with Gasteiger partial charge in [-0.1, -0.05) is 12.1 Å². The first kappa shape index (κ1) is 18.0. The smallest absolute Gasteiger partial charge is 0.318 e. The van der Waals surface area contributed by atoms with Crippen LogP contribution in [0.3, 0.4) is 0 Å². The van der Waals surface area contributed by atoms with Crippen molar-refractivity contribution in [3.05, 3.63) is 29.3 Å². The molecule has 1 aromatic rings. The quantitative estimate of drug-likeness (QED) is 0.619. The van der Waals surface area contributed by atoms with E-state index in [0.29, 0.717) is 12.3 Å². The van der Waals surface area contributed by atoms with Crippen LogP contribution in [0.15, 0.2) is 18.2 Å². The predicted molar refractivity (Wildman–Crippen MR) is 87.7 cm³/mol. The van der Waals surface area contributed by atoms with Gasteiger partial charge in [0.05, 0.1) is 7.11 Å². The molecule has 6 nitrogen and oxygen atoms in total. The molecular formula is C18H23NO5. The number of nitrogens with zero attached hydrogens (tertiary/aromatic N) is 1. The molecular weight excluding hydrogens is 310 g/mol. The molecule has 1 saturated heterocycles. The molecule has 1 fully saturated rings. The molecule has 0 saturated carbocycles. The van der Waals surface area contributed by atoms with Gasteiger partial charge in [-0.25, -0.2) is 0 Å². The lowest BCUT2D eigenvalue weighted by Gasteiger charge is -2.32. The lowest BCUT2D eigenvalue weighted by Crippen LogP contribution is -2.50. The van der Waals surface area contributed by atoms with Crippen molar-refractivity contribution in [2.45, 2.75) is 33.3 Å². The number of carbonyl (C=O) groups is 3. The number of rotatable bonds is 4. The van der Waals surface area contributed by atoms with Crippen LogP contribution in [0.1, 0.15) is 24.5 Å². The summed E-state index contributed by atoms with van der Waals surface area (Å²) < 4.78 is 10.4. The summed E-state index contributed by atoms with van der Waals surface area (Å²) in [5.74, 6) is -1.26. The molecule has 0 bridgehead atoms. The summed E-state index contributed by atoms with van der Waals surface area (Å²) >= 11 is 0. The maximum Gasteiger partial charge on any atom is 0.318 e. The molecule has 1 aromatic carbocycles. The van der Waals surface area contributed by atoms with Gasteiger partial charge < -0.3 is 14.4 Å². The van der Waals surface area contributed by atoms with Crippen LogP contribution in [0, 0.1) is 19.8 Å². The minimum atomic E-state index is -0.902. The highest BCUT2D eigenvalue weighted by Crippen LogP contribution is 2.22. The zero-order valence-electron chi connectivity index (χ0n) is 14.5. The first-order valence-corrected chi connectivity index (χ1v) is 7.96. The number of ether oxygens (including phenoxy) is 2. The SMILES string of the molecule is COC(=O)C1CN(C(=O)C(C)Oc2cc(C)ccc2C)CCC1=O. The van der Waals surface area contributed by atoms with Crippen LogP contribution in [0.5, 0.6) is 5.75 Å². The van der Waals surface area contributed by atoms with E-state index in [0.717, 1.165) is 11.1 Å². The molecule has 6 heteroatoms. The van der Waals surface area contributed by atoms with Crippen LogP contribution < -0.4 is 4.74 Å². The maximum atomic E-state index is 12.6. The summed E-state index contributed by atoms with van der Waals surface area (Å²) in [5, 5.41) is 0. The molecule has 1 amide bonds. The third kappa shape index (κ3) is 3.93. The van der Waals surface area contributed by atoms with Crippen molar-refractivity contribution < 1.29 is 23.9 Å². The Bertz CT molecular complexity index is 647. The van der Waals surface area contributed by atoms with Gasteiger partial charge in [-0.3, -0.25) is 14.4 Å². The molecule has 130 valence electrons. The van der Waals surface area contributed by atoms with Crippen molar-refractivity contribution in [2.24, 2.45) is 5.92 Å². The number of likely N-dealkylation sites (tertiary alicyclic amines) is 1. The highest BCUT2D eigenvalue weighted by Gasteiger charge is 2.37. The predicted octanol–water partition coefficient (Wildman–Crippen LogP) is 1.66. The van der Waals surface area contributed by atoms with Gasteiger partial charge in [-0.2, -0.15) is 0 Å². The van der Waals surface area contributed by atoms with Crippen LogP contribution >= 0.6 is 0 Å². The summed E-state index contributed by atoms with van der Waals surface area (Å²) in [6.07, 6.45) is -0.543. The second-order valence-electron chi connectivity index (χ2n) is 6.11. The molecule has 24 heavy (non-hydrogen) atoms. The van der Waals surface area contributed by atoms with Gasteiger partial charge >= 0.3 is 5.97 Å². The van der Waals surface area contributed by atoms with Gasteiger partial charge in [-0.05, 0) is 38.0 Å². The number of amides is 1. The van der Waals surface area contributed by atoms with Crippen LogP contribution in [0.4, 0.5) is 0 Å². The van der Waals surface area contributed by atoms with Crippen LogP contribution in [-0.2, 0) is 19.1 Å². The van der Waals surface area contributed by atoms with Crippen molar-refractivity contribution >= 4 is 17.7 Å². The van der Waals surface area contributed by atoms with Crippen LogP contribution in [0.2, 0.25) is 0 Å². The Kier molecular flexibility index (Phi) is 5.59. The average molecular weight is 333 g/mol. The normalized spacial score (nSPS) is 18.9. The number of hydrogen-bond acceptors (Lipinski definition) is 5. The van der Waals surface area contributed by atoms with E-state index in [2.05, 4.69) is 4.74 Å². The van der Waals surface area contributed by atoms with Gasteiger partial charge in [0, 0.05) is 19.5 Å². The number of esters is 1. The lowest BCUT2D eigenvalue weighted by atomic mass is 9.96. The minimum Gasteiger partial charge on any atom is -0.481 e. The summed E-state index contributed by atoms with van der Waals surface area (Å²) in [7, 11) is 1.24. The number of Topliss-reactive ketones (excluding diaryl/α,β-unsaturated/α-hetero) is 1. The van der Waals surface area contributed by atoms with E-state index in [1.807, 2.05) is 32.0 Å². The van der Waals surface area contributed by atoms with Crippen molar-refractivity contribution in [1.82, 2.24) is 4.90 Å². The van der Waals surface area contributed by atoms with Crippen molar-refractivity contribution in [2.75, 3.05) is 20.2 Å². The first-order valence-electron chi connectivity index (χ1n) is 7.96. The molecule has 2 atom stereocenters. The fourth-order valence-corrected chi connectivity index (χ4v) is 2.71. The topological polar surface area (TPSA) is 72.9 Å². The Morgan fingerprint density at radius 3 is 2.67 bits per heavy atom. The molecule has 0 aromatic heterocycles. The minimum absolute atomic E-state index is 0.0465. The molecule has 0 aliphatic carbocycles. The Balaban J connectivity index is 2.06. The Hall–Kier alpha value is -2.37. The number of carbonyl (C=O) groups excluding carboxylic acids is 3. The maximum absolute atomic E-state index is 12.6. The fourth-order valence-electron chi connectivity index (χ4n) is 2.71. The third-order valence-electron chi connectivity index (χ3n) is 4.21. The third-order valence-corrected chi connectivity index (χ3v) is 4.21. The van der Waals surface area contributed by atoms with Crippen LogP contribution in [0.25, 0.3) is 0 Å². The Labute approximate surface area is 141 Å². The highest BCUT2D eigenvalue weighted by atomic mass is 16.5. The highest BCUT2D eigenvalue weighted by molar-refractivity contribution is 6.00. The average Bonchev–Trinajstić information content (AvgIpc) is 2.57. The van der Waals surface area contributed by atoms with Gasteiger partial charge in [0.1, 0.15) is 11.7 Å². The number of piperidine rings is 1. The van der Waals surface area contributed by atoms with Crippen molar-refractivity contribution in [3.63, 3.8) is 0 Å². The zero-order chi connectivity index (χ0) is 17.9. The van der Waals surface area contributed by atoms with Gasteiger partial charge in [0.25, 0.3) is 5.91 Å². The van der Waals surface area contributed by atoms with Gasteiger partial charge in [0.2, 0.25) is 0 Å². The van der Waals surface area contributed by atoms with Crippen molar-refractivity contribution in [3.8, 4) is 5.75 Å². The van der Waals surface area contributed by atoms with Crippen molar-refractivity contribution in [1.29, 1.82) is 0 Å². The molecule has 0 spiro atoms. The molecule has 0 N–H and O–H groups in total. The second-order valence-corrected chi connectivity index (χ2v) is 6.11. The summed E-state index contributed by atoms with van der Waals surface area (Å²) in [6, 6.07) is 5.80. The fraction of sp³-hybridized carbons (Fsp3) is 0.500. The van der Waals surface area contributed by atoms with E-state index in [9.17, 15) is 14.4 Å². The lowest BCUT2D eigenvalue weighted by molar-refractivity contribution is -0.154. The van der Waals surface area contributed by atoms with E-state index in [1.165, 1.54) is 12.0 Å². The van der Waals surface area contributed by atoms with E-state index >= 15 is 0 Å². The summed E-state index contributed by atoms with van der Waals surface area (Å²) in [4.78, 5) is 37.6. The Morgan fingerprint density at radius 2 is 2.00 bits per heavy atom. The van der Waals surface area contributed by atoms with E-state index < -0.39 is 18.0 Å². The van der Waals surface area contributed by atoms with Gasteiger partial charge in [-0.15, -0.1) is 0 Å². The van der Waals surface area contributed by atoms with E-state index in [-0.39, 0.29) is 24.7 Å². The van der Waals surface area contributed by atoms with E-state index in [4.69, 9.17) is 4.74 Å². The molecule has 2 unspecified atom stereocenters. The van der Waals surface area contributed by atoms with Gasteiger partial charge in [0.15, 0.2) is 11.9 Å². The Morgan fingerprint density at radius 1 is 1.29 bits per heavy atom. The number of methoxy groups -OCH3 is 1. The van der Waals surface area contributed by atoms with Crippen LogP contribution in [-0.4, -0.2) is 48.9 Å². The zero-order valence-corrected chi connectivity index (χ0v) is 14.5. The number of aryl methyl sites for hydroxylation is 2. The second kappa shape index (κ2) is 7.47. The monoisotopic (exact) mass is 333 g/mol. The number of hydrogen-bond donors (Lipinski definition) is 0. The summed E-state index contributed by atoms with van der Waals surface area (Å²) in [6.45, 7) is 5.89. The molecule has 1 aliphatic heterocycles. The summed E-state index contributed by atoms with van der Waals surface area (Å²) in [5.41, 5.74) is 1.99.